The summed E-state index contributed by atoms with van der Waals surface area (Å²) in [4.78, 5) is 2.61. The van der Waals surface area contributed by atoms with E-state index in [2.05, 4.69) is 63.0 Å². The zero-order chi connectivity index (χ0) is 17.0. The summed E-state index contributed by atoms with van der Waals surface area (Å²) in [7, 11) is 2.00. The van der Waals surface area contributed by atoms with Crippen LogP contribution in [0.5, 0.6) is 5.75 Å². The summed E-state index contributed by atoms with van der Waals surface area (Å²) >= 11 is 0. The maximum atomic E-state index is 5.87. The molecule has 1 aromatic carbocycles. The van der Waals surface area contributed by atoms with Gasteiger partial charge in [-0.3, -0.25) is 0 Å². The summed E-state index contributed by atoms with van der Waals surface area (Å²) in [6.07, 6.45) is 2.66. The molecule has 1 aliphatic heterocycles. The fraction of sp³-hybridized carbons (Fsp3) is 0.700. The van der Waals surface area contributed by atoms with E-state index in [4.69, 9.17) is 4.74 Å². The number of nitrogens with one attached hydrogen (secondary N) is 1. The van der Waals surface area contributed by atoms with Crippen molar-refractivity contribution in [2.45, 2.75) is 59.6 Å². The van der Waals surface area contributed by atoms with Crippen LogP contribution < -0.4 is 10.1 Å². The Morgan fingerprint density at radius 1 is 1.22 bits per heavy atom. The first-order chi connectivity index (χ1) is 10.9. The molecule has 1 fully saturated rings. The Labute approximate surface area is 142 Å². The molecule has 0 amide bonds. The highest BCUT2D eigenvalue weighted by Crippen LogP contribution is 2.31. The van der Waals surface area contributed by atoms with E-state index in [-0.39, 0.29) is 6.10 Å². The fourth-order valence-corrected chi connectivity index (χ4v) is 3.59. The summed E-state index contributed by atoms with van der Waals surface area (Å²) in [5.41, 5.74) is 2.60. The van der Waals surface area contributed by atoms with Crippen LogP contribution in [0, 0.1) is 11.8 Å². The third-order valence-corrected chi connectivity index (χ3v) is 5.05. The van der Waals surface area contributed by atoms with Crippen LogP contribution in [-0.2, 0) is 6.42 Å². The van der Waals surface area contributed by atoms with Gasteiger partial charge in [0.25, 0.3) is 0 Å². The molecule has 2 atom stereocenters. The number of nitrogens with zero attached hydrogens (tertiary/aromatic N) is 1. The second kappa shape index (κ2) is 8.05. The third-order valence-electron chi connectivity index (χ3n) is 5.05. The van der Waals surface area contributed by atoms with Crippen LogP contribution >= 0.6 is 0 Å². The predicted octanol–water partition coefficient (Wildman–Crippen LogP) is 4.42. The highest BCUT2D eigenvalue weighted by atomic mass is 16.5. The van der Waals surface area contributed by atoms with Crippen LogP contribution in [-0.4, -0.2) is 37.2 Å². The van der Waals surface area contributed by atoms with E-state index in [9.17, 15) is 0 Å². The lowest BCUT2D eigenvalue weighted by Crippen LogP contribution is -2.29. The fourth-order valence-electron chi connectivity index (χ4n) is 3.59. The van der Waals surface area contributed by atoms with Crippen LogP contribution in [0.15, 0.2) is 18.2 Å². The smallest absolute Gasteiger partial charge is 0.120 e. The Morgan fingerprint density at radius 3 is 2.52 bits per heavy atom. The molecule has 0 aliphatic carbocycles. The van der Waals surface area contributed by atoms with Gasteiger partial charge in [0.1, 0.15) is 5.75 Å². The molecule has 1 aliphatic rings. The lowest BCUT2D eigenvalue weighted by molar-refractivity contribution is 0.241. The summed E-state index contributed by atoms with van der Waals surface area (Å²) in [5.74, 6) is 2.48. The second-order valence-corrected chi connectivity index (χ2v) is 7.55. The molecule has 0 radical (unpaired) electrons. The standard InChI is InChI=1S/C20H34N2O/c1-14(2)22-10-9-17(13-22)16(5)11-18-12-19(23-15(3)4)7-8-20(18)21-6/h7-8,12,14-17,21H,9-11,13H2,1-6H3. The topological polar surface area (TPSA) is 24.5 Å². The molecular formula is C20H34N2O. The van der Waals surface area contributed by atoms with Gasteiger partial charge in [-0.15, -0.1) is 0 Å². The van der Waals surface area contributed by atoms with E-state index < -0.39 is 0 Å². The first kappa shape index (κ1) is 18.1. The normalized spacial score (nSPS) is 20.3. The maximum Gasteiger partial charge on any atom is 0.120 e. The molecule has 23 heavy (non-hydrogen) atoms. The zero-order valence-corrected chi connectivity index (χ0v) is 15.7. The van der Waals surface area contributed by atoms with Crippen LogP contribution in [0.2, 0.25) is 0 Å². The number of hydrogen-bond donors (Lipinski definition) is 1. The van der Waals surface area contributed by atoms with Crippen molar-refractivity contribution in [1.82, 2.24) is 4.90 Å². The molecular weight excluding hydrogens is 284 g/mol. The van der Waals surface area contributed by atoms with Crippen molar-refractivity contribution in [3.63, 3.8) is 0 Å². The number of hydrogen-bond acceptors (Lipinski definition) is 3. The Morgan fingerprint density at radius 2 is 1.96 bits per heavy atom. The van der Waals surface area contributed by atoms with Crippen LogP contribution in [0.4, 0.5) is 5.69 Å². The summed E-state index contributed by atoms with van der Waals surface area (Å²) < 4.78 is 5.87. The largest absolute Gasteiger partial charge is 0.491 e. The molecule has 1 heterocycles. The number of likely N-dealkylation sites (tertiary alicyclic amines) is 1. The van der Waals surface area contributed by atoms with Gasteiger partial charge in [-0.05, 0) is 82.7 Å². The van der Waals surface area contributed by atoms with E-state index in [1.165, 1.54) is 30.8 Å². The second-order valence-electron chi connectivity index (χ2n) is 7.55. The monoisotopic (exact) mass is 318 g/mol. The lowest BCUT2D eigenvalue weighted by atomic mass is 9.87. The highest BCUT2D eigenvalue weighted by molar-refractivity contribution is 5.54. The van der Waals surface area contributed by atoms with Crippen molar-refractivity contribution in [1.29, 1.82) is 0 Å². The molecule has 3 nitrogen and oxygen atoms in total. The van der Waals surface area contributed by atoms with Gasteiger partial charge < -0.3 is 15.0 Å². The number of ether oxygens (including phenoxy) is 1. The van der Waals surface area contributed by atoms with Crippen molar-refractivity contribution in [3.05, 3.63) is 23.8 Å². The van der Waals surface area contributed by atoms with E-state index in [1.807, 2.05) is 7.05 Å². The molecule has 130 valence electrons. The molecule has 2 unspecified atom stereocenters. The molecule has 1 N–H and O–H groups in total. The van der Waals surface area contributed by atoms with Gasteiger partial charge in [0.15, 0.2) is 0 Å². The molecule has 1 aromatic rings. The SMILES string of the molecule is CNc1ccc(OC(C)C)cc1CC(C)C1CCN(C(C)C)C1. The number of benzene rings is 1. The van der Waals surface area contributed by atoms with Gasteiger partial charge in [0, 0.05) is 25.3 Å². The van der Waals surface area contributed by atoms with Crippen LogP contribution in [0.25, 0.3) is 0 Å². The molecule has 0 aromatic heterocycles. The summed E-state index contributed by atoms with van der Waals surface area (Å²) in [5, 5.41) is 3.33. The van der Waals surface area contributed by atoms with E-state index in [0.29, 0.717) is 12.0 Å². The lowest BCUT2D eigenvalue weighted by Gasteiger charge is -2.24. The van der Waals surface area contributed by atoms with Crippen molar-refractivity contribution in [3.8, 4) is 5.75 Å². The summed E-state index contributed by atoms with van der Waals surface area (Å²) in [6, 6.07) is 7.10. The molecule has 0 saturated carbocycles. The van der Waals surface area contributed by atoms with Crippen molar-refractivity contribution < 1.29 is 4.74 Å². The quantitative estimate of drug-likeness (QED) is 0.805. The van der Waals surface area contributed by atoms with Crippen molar-refractivity contribution in [2.75, 3.05) is 25.5 Å². The van der Waals surface area contributed by atoms with Gasteiger partial charge in [-0.2, -0.15) is 0 Å². The molecule has 3 heteroatoms. The van der Waals surface area contributed by atoms with Gasteiger partial charge in [0.05, 0.1) is 6.10 Å². The zero-order valence-electron chi connectivity index (χ0n) is 15.7. The van der Waals surface area contributed by atoms with Gasteiger partial charge in [0.2, 0.25) is 0 Å². The van der Waals surface area contributed by atoms with E-state index in [0.717, 1.165) is 18.1 Å². The predicted molar refractivity (Wildman–Crippen MR) is 99.4 cm³/mol. The Hall–Kier alpha value is -1.22. The first-order valence-corrected chi connectivity index (χ1v) is 9.12. The highest BCUT2D eigenvalue weighted by Gasteiger charge is 2.28. The Kier molecular flexibility index (Phi) is 6.34. The molecule has 1 saturated heterocycles. The van der Waals surface area contributed by atoms with Crippen molar-refractivity contribution >= 4 is 5.69 Å². The van der Waals surface area contributed by atoms with Gasteiger partial charge in [-0.1, -0.05) is 6.92 Å². The maximum absolute atomic E-state index is 5.87. The Bertz CT molecular complexity index is 498. The average Bonchev–Trinajstić information content (AvgIpc) is 2.97. The minimum Gasteiger partial charge on any atom is -0.491 e. The van der Waals surface area contributed by atoms with Gasteiger partial charge >= 0.3 is 0 Å². The molecule has 0 spiro atoms. The summed E-state index contributed by atoms with van der Waals surface area (Å²) in [6.45, 7) is 13.7. The van der Waals surface area contributed by atoms with Crippen LogP contribution in [0.1, 0.15) is 46.6 Å². The van der Waals surface area contributed by atoms with Gasteiger partial charge in [-0.25, -0.2) is 0 Å². The minimum atomic E-state index is 0.218. The Balaban J connectivity index is 2.05. The number of rotatable bonds is 7. The minimum absolute atomic E-state index is 0.218. The number of anilines is 1. The van der Waals surface area contributed by atoms with E-state index in [1.54, 1.807) is 0 Å². The molecule has 0 bridgehead atoms. The first-order valence-electron chi connectivity index (χ1n) is 9.12. The van der Waals surface area contributed by atoms with E-state index >= 15 is 0 Å². The van der Waals surface area contributed by atoms with Crippen molar-refractivity contribution in [2.24, 2.45) is 11.8 Å². The molecule has 2 rings (SSSR count). The third kappa shape index (κ3) is 4.87. The average molecular weight is 319 g/mol. The van der Waals surface area contributed by atoms with Crippen LogP contribution in [0.3, 0.4) is 0 Å².